The second-order valence-electron chi connectivity index (χ2n) is 5.05. The van der Waals surface area contributed by atoms with Crippen molar-refractivity contribution in [2.45, 2.75) is 12.5 Å². The molecule has 3 aromatic rings. The number of hydrogen-bond acceptors (Lipinski definition) is 3. The molecule has 3 rings (SSSR count). The second-order valence-corrected chi connectivity index (χ2v) is 5.05. The van der Waals surface area contributed by atoms with Gasteiger partial charge in [0.2, 0.25) is 0 Å². The molecule has 0 aliphatic heterocycles. The summed E-state index contributed by atoms with van der Waals surface area (Å²) in [4.78, 5) is 0. The van der Waals surface area contributed by atoms with Gasteiger partial charge in [0.25, 0.3) is 0 Å². The van der Waals surface area contributed by atoms with Crippen LogP contribution in [0.1, 0.15) is 23.8 Å². The molecule has 0 spiro atoms. The van der Waals surface area contributed by atoms with Gasteiger partial charge in [-0.15, -0.1) is 0 Å². The Morgan fingerprint density at radius 1 is 1.14 bits per heavy atom. The fourth-order valence-electron chi connectivity index (χ4n) is 2.27. The third kappa shape index (κ3) is 2.28. The van der Waals surface area contributed by atoms with Crippen LogP contribution in [0.3, 0.4) is 0 Å². The summed E-state index contributed by atoms with van der Waals surface area (Å²) in [5.74, 6) is -0.0272. The van der Waals surface area contributed by atoms with Gasteiger partial charge >= 0.3 is 0 Å². The molecule has 3 nitrogen and oxygen atoms in total. The highest BCUT2D eigenvalue weighted by Gasteiger charge is 2.29. The zero-order valence-electron chi connectivity index (χ0n) is 11.3. The molecule has 0 aliphatic rings. The molecule has 0 bridgehead atoms. The number of hydrogen-bond donors (Lipinski definition) is 1. The Kier molecular flexibility index (Phi) is 3.00. The molecule has 0 radical (unpaired) electrons. The van der Waals surface area contributed by atoms with E-state index in [1.54, 1.807) is 37.3 Å². The largest absolute Gasteiger partial charge is 0.458 e. The molecule has 0 amide bonds. The fourth-order valence-corrected chi connectivity index (χ4v) is 2.27. The van der Waals surface area contributed by atoms with Gasteiger partial charge in [-0.2, -0.15) is 5.26 Å². The van der Waals surface area contributed by atoms with Gasteiger partial charge in [-0.3, -0.25) is 0 Å². The first-order chi connectivity index (χ1) is 10.0. The third-order valence-corrected chi connectivity index (χ3v) is 3.53. The maximum absolute atomic E-state index is 13.2. The van der Waals surface area contributed by atoms with E-state index in [0.29, 0.717) is 27.9 Å². The minimum Gasteiger partial charge on any atom is -0.458 e. The van der Waals surface area contributed by atoms with Gasteiger partial charge in [-0.25, -0.2) is 4.39 Å². The summed E-state index contributed by atoms with van der Waals surface area (Å²) in [6.07, 6.45) is 0. The monoisotopic (exact) mass is 281 g/mol. The van der Waals surface area contributed by atoms with Crippen molar-refractivity contribution in [3.63, 3.8) is 0 Å². The van der Waals surface area contributed by atoms with Crippen LogP contribution in [0.2, 0.25) is 0 Å². The van der Waals surface area contributed by atoms with Crippen LogP contribution in [0.25, 0.3) is 11.0 Å². The molecule has 0 saturated heterocycles. The van der Waals surface area contributed by atoms with E-state index in [1.807, 2.05) is 6.07 Å². The van der Waals surface area contributed by atoms with E-state index in [0.717, 1.165) is 0 Å². The Labute approximate surface area is 120 Å². The van der Waals surface area contributed by atoms with Crippen LogP contribution in [-0.2, 0) is 5.60 Å². The molecule has 1 atom stereocenters. The second kappa shape index (κ2) is 4.72. The van der Waals surface area contributed by atoms with Crippen molar-refractivity contribution >= 4 is 11.0 Å². The summed E-state index contributed by atoms with van der Waals surface area (Å²) in [5.41, 5.74) is 0.270. The zero-order chi connectivity index (χ0) is 15.0. The molecule has 1 N–H and O–H groups in total. The Morgan fingerprint density at radius 3 is 2.52 bits per heavy atom. The quantitative estimate of drug-likeness (QED) is 0.779. The highest BCUT2D eigenvalue weighted by Crippen LogP contribution is 2.33. The van der Waals surface area contributed by atoms with E-state index in [4.69, 9.17) is 9.68 Å². The number of nitrogens with zero attached hydrogens (tertiary/aromatic N) is 1. The molecule has 2 aromatic carbocycles. The van der Waals surface area contributed by atoms with E-state index in [1.165, 1.54) is 18.2 Å². The minimum atomic E-state index is -1.36. The molecule has 1 aromatic heterocycles. The van der Waals surface area contributed by atoms with Gasteiger partial charge in [0.05, 0.1) is 11.6 Å². The van der Waals surface area contributed by atoms with Crippen LogP contribution >= 0.6 is 0 Å². The summed E-state index contributed by atoms with van der Waals surface area (Å²) >= 11 is 0. The topological polar surface area (TPSA) is 57.2 Å². The van der Waals surface area contributed by atoms with Crippen molar-refractivity contribution in [1.82, 2.24) is 0 Å². The molecule has 0 fully saturated rings. The highest BCUT2D eigenvalue weighted by atomic mass is 19.1. The summed E-state index contributed by atoms with van der Waals surface area (Å²) < 4.78 is 18.8. The number of fused-ring (bicyclic) bond motifs is 1. The number of benzene rings is 2. The van der Waals surface area contributed by atoms with E-state index in [9.17, 15) is 9.50 Å². The Balaban J connectivity index is 2.07. The van der Waals surface area contributed by atoms with Crippen molar-refractivity contribution in [1.29, 1.82) is 5.26 Å². The van der Waals surface area contributed by atoms with Crippen molar-refractivity contribution in [3.8, 4) is 6.07 Å². The van der Waals surface area contributed by atoms with Crippen molar-refractivity contribution in [3.05, 3.63) is 71.2 Å². The Morgan fingerprint density at radius 2 is 1.86 bits per heavy atom. The van der Waals surface area contributed by atoms with Crippen LogP contribution in [0, 0.1) is 17.1 Å². The Bertz CT molecular complexity index is 841. The average molecular weight is 281 g/mol. The minimum absolute atomic E-state index is 0.327. The predicted octanol–water partition coefficient (Wildman–Crippen LogP) is 3.70. The van der Waals surface area contributed by atoms with Gasteiger partial charge in [-0.1, -0.05) is 12.1 Å². The van der Waals surface area contributed by atoms with Crippen LogP contribution < -0.4 is 0 Å². The molecule has 104 valence electrons. The van der Waals surface area contributed by atoms with Crippen LogP contribution in [0.5, 0.6) is 0 Å². The highest BCUT2D eigenvalue weighted by molar-refractivity contribution is 5.78. The SMILES string of the molecule is CC(O)(c1ccc(C#N)cc1)c1cc2cc(F)ccc2o1. The number of furan rings is 1. The summed E-state index contributed by atoms with van der Waals surface area (Å²) in [5, 5.41) is 20.1. The molecule has 4 heteroatoms. The summed E-state index contributed by atoms with van der Waals surface area (Å²) in [7, 11) is 0. The molecule has 21 heavy (non-hydrogen) atoms. The molecule has 1 unspecified atom stereocenters. The molecule has 0 aliphatic carbocycles. The predicted molar refractivity (Wildman–Crippen MR) is 76.0 cm³/mol. The molecular formula is C17H12FNO2. The van der Waals surface area contributed by atoms with Crippen molar-refractivity contribution in [2.24, 2.45) is 0 Å². The van der Waals surface area contributed by atoms with Crippen LogP contribution in [-0.4, -0.2) is 5.11 Å². The van der Waals surface area contributed by atoms with E-state index >= 15 is 0 Å². The molecule has 0 saturated carbocycles. The number of aliphatic hydroxyl groups is 1. The standard InChI is InChI=1S/C17H12FNO2/c1-17(20,13-4-2-11(10-19)3-5-13)16-9-12-8-14(18)6-7-15(12)21-16/h2-9,20H,1H3. The number of halogens is 1. The van der Waals surface area contributed by atoms with Crippen LogP contribution in [0.4, 0.5) is 4.39 Å². The van der Waals surface area contributed by atoms with Crippen LogP contribution in [0.15, 0.2) is 52.9 Å². The first kappa shape index (κ1) is 13.3. The normalized spacial score (nSPS) is 13.8. The van der Waals surface area contributed by atoms with Gasteiger partial charge in [0, 0.05) is 5.39 Å². The van der Waals surface area contributed by atoms with Gasteiger partial charge in [0.1, 0.15) is 22.8 Å². The third-order valence-electron chi connectivity index (χ3n) is 3.53. The van der Waals surface area contributed by atoms with E-state index in [2.05, 4.69) is 0 Å². The lowest BCUT2D eigenvalue weighted by atomic mass is 9.92. The number of nitriles is 1. The number of rotatable bonds is 2. The van der Waals surface area contributed by atoms with Gasteiger partial charge < -0.3 is 9.52 Å². The van der Waals surface area contributed by atoms with E-state index in [-0.39, 0.29) is 5.82 Å². The fraction of sp³-hybridized carbons (Fsp3) is 0.118. The average Bonchev–Trinajstić information content (AvgIpc) is 2.91. The smallest absolute Gasteiger partial charge is 0.144 e. The Hall–Kier alpha value is -2.64. The summed E-state index contributed by atoms with van der Waals surface area (Å²) in [6.45, 7) is 1.60. The van der Waals surface area contributed by atoms with Gasteiger partial charge in [-0.05, 0) is 48.9 Å². The molecular weight excluding hydrogens is 269 g/mol. The first-order valence-electron chi connectivity index (χ1n) is 6.43. The zero-order valence-corrected chi connectivity index (χ0v) is 11.3. The first-order valence-corrected chi connectivity index (χ1v) is 6.43. The lowest BCUT2D eigenvalue weighted by Gasteiger charge is -2.21. The lowest BCUT2D eigenvalue weighted by molar-refractivity contribution is 0.0786. The van der Waals surface area contributed by atoms with E-state index < -0.39 is 5.60 Å². The van der Waals surface area contributed by atoms with Crippen molar-refractivity contribution < 1.29 is 13.9 Å². The lowest BCUT2D eigenvalue weighted by Crippen LogP contribution is -2.21. The van der Waals surface area contributed by atoms with Gasteiger partial charge in [0.15, 0.2) is 0 Å². The maximum Gasteiger partial charge on any atom is 0.144 e. The maximum atomic E-state index is 13.2. The summed E-state index contributed by atoms with van der Waals surface area (Å²) in [6, 6.07) is 14.5. The van der Waals surface area contributed by atoms with Crippen molar-refractivity contribution in [2.75, 3.05) is 0 Å². The molecule has 1 heterocycles.